The summed E-state index contributed by atoms with van der Waals surface area (Å²) in [5, 5.41) is 4.94. The molecule has 0 aliphatic carbocycles. The Bertz CT molecular complexity index is 1440. The van der Waals surface area contributed by atoms with Crippen molar-refractivity contribution >= 4 is 43.6 Å². The fraction of sp³-hybridized carbons (Fsp3) is 0. The van der Waals surface area contributed by atoms with E-state index < -0.39 is 0 Å². The molecule has 122 valence electrons. The molecule has 0 fully saturated rings. The average molecular weight is 333 g/mol. The van der Waals surface area contributed by atoms with Gasteiger partial charge in [0.2, 0.25) is 0 Å². The molecule has 3 heterocycles. The molecule has 0 radical (unpaired) electrons. The van der Waals surface area contributed by atoms with Crippen LogP contribution in [-0.2, 0) is 0 Å². The van der Waals surface area contributed by atoms with Crippen molar-refractivity contribution in [3.63, 3.8) is 0 Å². The zero-order chi connectivity index (χ0) is 17.1. The van der Waals surface area contributed by atoms with Crippen molar-refractivity contribution in [1.29, 1.82) is 0 Å². The van der Waals surface area contributed by atoms with Crippen LogP contribution in [0.1, 0.15) is 0 Å². The number of H-pyrrole nitrogens is 2. The molecule has 0 bridgehead atoms. The van der Waals surface area contributed by atoms with Crippen LogP contribution in [0.5, 0.6) is 0 Å². The second-order valence-electron chi connectivity index (χ2n) is 6.68. The van der Waals surface area contributed by atoms with E-state index in [1.54, 1.807) is 0 Å². The lowest BCUT2D eigenvalue weighted by Gasteiger charge is -2.03. The molecular formula is C23H15N3. The van der Waals surface area contributed by atoms with Gasteiger partial charge in [0.15, 0.2) is 0 Å². The Labute approximate surface area is 149 Å². The number of fused-ring (bicyclic) bond motifs is 6. The maximum atomic E-state index is 4.69. The Hall–Kier alpha value is -3.59. The lowest BCUT2D eigenvalue weighted by Crippen LogP contribution is -1.85. The van der Waals surface area contributed by atoms with Crippen molar-refractivity contribution in [1.82, 2.24) is 15.0 Å². The van der Waals surface area contributed by atoms with E-state index in [2.05, 4.69) is 87.7 Å². The second kappa shape index (κ2) is 4.96. The number of hydrogen-bond acceptors (Lipinski definition) is 1. The lowest BCUT2D eigenvalue weighted by molar-refractivity contribution is 1.34. The molecule has 0 atom stereocenters. The van der Waals surface area contributed by atoms with Gasteiger partial charge in [-0.3, -0.25) is 4.98 Å². The molecule has 6 aromatic rings. The summed E-state index contributed by atoms with van der Waals surface area (Å²) in [5.74, 6) is 0. The van der Waals surface area contributed by atoms with Gasteiger partial charge in [-0.05, 0) is 24.3 Å². The van der Waals surface area contributed by atoms with Gasteiger partial charge in [-0.2, -0.15) is 0 Å². The first-order valence-electron chi connectivity index (χ1n) is 8.75. The van der Waals surface area contributed by atoms with Crippen LogP contribution >= 0.6 is 0 Å². The number of para-hydroxylation sites is 2. The van der Waals surface area contributed by atoms with E-state index >= 15 is 0 Å². The summed E-state index contributed by atoms with van der Waals surface area (Å²) in [5.41, 5.74) is 6.63. The number of aromatic nitrogens is 3. The minimum Gasteiger partial charge on any atom is -0.354 e. The highest BCUT2D eigenvalue weighted by Gasteiger charge is 2.12. The number of rotatable bonds is 1. The summed E-state index contributed by atoms with van der Waals surface area (Å²) in [6.07, 6.45) is 1.90. The quantitative estimate of drug-likeness (QED) is 0.380. The molecular weight excluding hydrogens is 318 g/mol. The Morgan fingerprint density at radius 3 is 2.12 bits per heavy atom. The van der Waals surface area contributed by atoms with Gasteiger partial charge in [0.25, 0.3) is 0 Å². The number of nitrogens with zero attached hydrogens (tertiary/aromatic N) is 1. The van der Waals surface area contributed by atoms with Crippen molar-refractivity contribution in [2.24, 2.45) is 0 Å². The molecule has 0 amide bonds. The molecule has 26 heavy (non-hydrogen) atoms. The molecule has 0 saturated carbocycles. The second-order valence-corrected chi connectivity index (χ2v) is 6.68. The van der Waals surface area contributed by atoms with E-state index in [4.69, 9.17) is 0 Å². The first-order chi connectivity index (χ1) is 12.9. The third kappa shape index (κ3) is 1.80. The molecule has 0 unspecified atom stereocenters. The third-order valence-electron chi connectivity index (χ3n) is 5.21. The highest BCUT2D eigenvalue weighted by Crippen LogP contribution is 2.34. The fourth-order valence-corrected chi connectivity index (χ4v) is 4.00. The average Bonchev–Trinajstić information content (AvgIpc) is 3.25. The monoisotopic (exact) mass is 333 g/mol. The van der Waals surface area contributed by atoms with Crippen molar-refractivity contribution < 1.29 is 0 Å². The molecule has 3 nitrogen and oxygen atoms in total. The highest BCUT2D eigenvalue weighted by molar-refractivity contribution is 6.12. The Morgan fingerprint density at radius 1 is 0.577 bits per heavy atom. The van der Waals surface area contributed by atoms with Crippen molar-refractivity contribution in [2.45, 2.75) is 0 Å². The van der Waals surface area contributed by atoms with Crippen molar-refractivity contribution in [3.05, 3.63) is 79.0 Å². The highest BCUT2D eigenvalue weighted by atomic mass is 14.8. The van der Waals surface area contributed by atoms with Gasteiger partial charge in [0.05, 0.1) is 11.2 Å². The molecule has 3 heteroatoms. The summed E-state index contributed by atoms with van der Waals surface area (Å²) in [6.45, 7) is 0. The zero-order valence-electron chi connectivity index (χ0n) is 14.0. The van der Waals surface area contributed by atoms with Gasteiger partial charge in [0.1, 0.15) is 0 Å². The van der Waals surface area contributed by atoms with Crippen LogP contribution in [0.2, 0.25) is 0 Å². The topological polar surface area (TPSA) is 44.5 Å². The summed E-state index contributed by atoms with van der Waals surface area (Å²) in [7, 11) is 0. The first kappa shape index (κ1) is 13.7. The van der Waals surface area contributed by atoms with E-state index in [1.165, 1.54) is 21.5 Å². The van der Waals surface area contributed by atoms with Gasteiger partial charge in [-0.25, -0.2) is 0 Å². The molecule has 0 saturated heterocycles. The first-order valence-corrected chi connectivity index (χ1v) is 8.75. The van der Waals surface area contributed by atoms with Crippen LogP contribution in [0.3, 0.4) is 0 Å². The summed E-state index contributed by atoms with van der Waals surface area (Å²) in [6, 6.07) is 25.4. The summed E-state index contributed by atoms with van der Waals surface area (Å²) < 4.78 is 0. The Morgan fingerprint density at radius 2 is 1.27 bits per heavy atom. The number of aromatic amines is 2. The molecule has 0 aliphatic heterocycles. The molecule has 0 spiro atoms. The minimum absolute atomic E-state index is 0.985. The normalized spacial score (nSPS) is 11.8. The van der Waals surface area contributed by atoms with E-state index in [1.807, 2.05) is 6.20 Å². The van der Waals surface area contributed by atoms with Gasteiger partial charge in [-0.15, -0.1) is 0 Å². The van der Waals surface area contributed by atoms with E-state index in [-0.39, 0.29) is 0 Å². The third-order valence-corrected chi connectivity index (χ3v) is 5.21. The SMILES string of the molecule is c1ccc2c(c1)[nH]c1cc(-c3nccc4c3[nH]c3ccccc34)ccc12. The largest absolute Gasteiger partial charge is 0.354 e. The number of hydrogen-bond donors (Lipinski definition) is 2. The molecule has 3 aromatic heterocycles. The molecule has 2 N–H and O–H groups in total. The minimum atomic E-state index is 0.985. The fourth-order valence-electron chi connectivity index (χ4n) is 4.00. The van der Waals surface area contributed by atoms with Crippen LogP contribution in [0.15, 0.2) is 79.0 Å². The van der Waals surface area contributed by atoms with Gasteiger partial charge in [0, 0.05) is 49.9 Å². The van der Waals surface area contributed by atoms with Crippen LogP contribution in [0.25, 0.3) is 54.9 Å². The van der Waals surface area contributed by atoms with Crippen LogP contribution in [-0.4, -0.2) is 15.0 Å². The standard InChI is InChI=1S/C23H15N3/c1-3-7-19-15(5-1)17-10-9-14(13-21(17)25-19)22-23-18(11-12-24-22)16-6-2-4-8-20(16)26-23/h1-13,25-26H. The van der Waals surface area contributed by atoms with Crippen LogP contribution in [0.4, 0.5) is 0 Å². The van der Waals surface area contributed by atoms with Crippen LogP contribution < -0.4 is 0 Å². The van der Waals surface area contributed by atoms with E-state index in [9.17, 15) is 0 Å². The van der Waals surface area contributed by atoms with Gasteiger partial charge >= 0.3 is 0 Å². The van der Waals surface area contributed by atoms with Gasteiger partial charge < -0.3 is 9.97 Å². The number of pyridine rings is 1. The maximum Gasteiger partial charge on any atom is 0.0943 e. The Balaban J connectivity index is 1.66. The lowest BCUT2D eigenvalue weighted by atomic mass is 10.1. The maximum absolute atomic E-state index is 4.69. The summed E-state index contributed by atoms with van der Waals surface area (Å²) in [4.78, 5) is 11.8. The van der Waals surface area contributed by atoms with Crippen molar-refractivity contribution in [2.75, 3.05) is 0 Å². The predicted molar refractivity (Wildman–Crippen MR) is 108 cm³/mol. The number of benzene rings is 3. The summed E-state index contributed by atoms with van der Waals surface area (Å²) >= 11 is 0. The van der Waals surface area contributed by atoms with E-state index in [0.717, 1.165) is 33.3 Å². The Kier molecular flexibility index (Phi) is 2.61. The molecule has 0 aliphatic rings. The van der Waals surface area contributed by atoms with Crippen molar-refractivity contribution in [3.8, 4) is 11.3 Å². The van der Waals surface area contributed by atoms with Crippen LogP contribution in [0, 0.1) is 0 Å². The zero-order valence-corrected chi connectivity index (χ0v) is 14.0. The smallest absolute Gasteiger partial charge is 0.0943 e. The van der Waals surface area contributed by atoms with Gasteiger partial charge in [-0.1, -0.05) is 48.5 Å². The molecule has 6 rings (SSSR count). The number of nitrogens with one attached hydrogen (secondary N) is 2. The van der Waals surface area contributed by atoms with E-state index in [0.29, 0.717) is 0 Å². The predicted octanol–water partition coefficient (Wildman–Crippen LogP) is 6.02. The molecule has 3 aromatic carbocycles.